The summed E-state index contributed by atoms with van der Waals surface area (Å²) in [5.74, 6) is -0.503. The van der Waals surface area contributed by atoms with Gasteiger partial charge in [-0.2, -0.15) is 5.10 Å². The van der Waals surface area contributed by atoms with Crippen molar-refractivity contribution < 1.29 is 9.72 Å². The van der Waals surface area contributed by atoms with E-state index in [2.05, 4.69) is 5.10 Å². The number of aromatic nitrogens is 2. The van der Waals surface area contributed by atoms with E-state index in [4.69, 9.17) is 0 Å². The minimum absolute atomic E-state index is 0.00991. The molecule has 0 aromatic carbocycles. The van der Waals surface area contributed by atoms with Crippen LogP contribution in [-0.4, -0.2) is 20.5 Å². The van der Waals surface area contributed by atoms with E-state index in [0.29, 0.717) is 24.2 Å². The molecule has 0 aliphatic carbocycles. The van der Waals surface area contributed by atoms with Crippen molar-refractivity contribution in [1.82, 2.24) is 9.78 Å². The zero-order chi connectivity index (χ0) is 13.2. The lowest BCUT2D eigenvalue weighted by Gasteiger charge is -2.08. The van der Waals surface area contributed by atoms with Crippen molar-refractivity contribution in [1.29, 1.82) is 0 Å². The number of nitro groups is 1. The smallest absolute Gasteiger partial charge is 0.299 e. The predicted octanol–water partition coefficient (Wildman–Crippen LogP) is 1.97. The van der Waals surface area contributed by atoms with Gasteiger partial charge in [-0.15, -0.1) is 0 Å². The summed E-state index contributed by atoms with van der Waals surface area (Å²) in [7, 11) is 1.64. The first-order valence-corrected chi connectivity index (χ1v) is 5.66. The molecule has 1 rings (SSSR count). The maximum atomic E-state index is 11.7. The third-order valence-corrected chi connectivity index (χ3v) is 2.89. The van der Waals surface area contributed by atoms with Crippen LogP contribution in [0.5, 0.6) is 0 Å². The summed E-state index contributed by atoms with van der Waals surface area (Å²) in [5.41, 5.74) is 0.825. The van der Waals surface area contributed by atoms with Crippen LogP contribution < -0.4 is 0 Å². The van der Waals surface area contributed by atoms with E-state index < -0.39 is 10.8 Å². The number of aryl methyl sites for hydroxylation is 2. The van der Waals surface area contributed by atoms with Gasteiger partial charge in [0, 0.05) is 13.5 Å². The number of carbonyl (C=O) groups excluding carboxylic acids is 1. The maximum Gasteiger partial charge on any atom is 0.314 e. The van der Waals surface area contributed by atoms with Crippen molar-refractivity contribution in [2.45, 2.75) is 39.5 Å². The Morgan fingerprint density at radius 1 is 1.53 bits per heavy atom. The maximum absolute atomic E-state index is 11.7. The van der Waals surface area contributed by atoms with E-state index in [9.17, 15) is 14.9 Å². The van der Waals surface area contributed by atoms with E-state index in [-0.39, 0.29) is 11.5 Å². The fraction of sp³-hybridized carbons (Fsp3) is 0.636. The Morgan fingerprint density at radius 3 is 2.53 bits per heavy atom. The van der Waals surface area contributed by atoms with Crippen LogP contribution in [0.3, 0.4) is 0 Å². The van der Waals surface area contributed by atoms with Gasteiger partial charge in [0.1, 0.15) is 17.2 Å². The molecule has 94 valence electrons. The van der Waals surface area contributed by atoms with Gasteiger partial charge in [-0.1, -0.05) is 13.8 Å². The Kier molecular flexibility index (Phi) is 3.98. The van der Waals surface area contributed by atoms with E-state index in [1.165, 1.54) is 4.68 Å². The average molecular weight is 239 g/mol. The van der Waals surface area contributed by atoms with Crippen molar-refractivity contribution in [2.75, 3.05) is 0 Å². The summed E-state index contributed by atoms with van der Waals surface area (Å²) >= 11 is 0. The summed E-state index contributed by atoms with van der Waals surface area (Å²) in [6, 6.07) is 0. The molecule has 0 aliphatic rings. The first kappa shape index (κ1) is 13.3. The van der Waals surface area contributed by atoms with Crippen LogP contribution in [0.4, 0.5) is 5.69 Å². The second-order valence-electron chi connectivity index (χ2n) is 3.96. The second kappa shape index (κ2) is 5.07. The first-order chi connectivity index (χ1) is 7.93. The van der Waals surface area contributed by atoms with E-state index in [0.717, 1.165) is 0 Å². The Labute approximate surface area is 99.8 Å². The molecule has 0 aliphatic heterocycles. The molecule has 0 saturated carbocycles. The molecular weight excluding hydrogens is 222 g/mol. The lowest BCUT2D eigenvalue weighted by Crippen LogP contribution is -2.13. The van der Waals surface area contributed by atoms with Crippen LogP contribution in [0, 0.1) is 10.1 Å². The minimum Gasteiger partial charge on any atom is -0.299 e. The molecule has 0 fully saturated rings. The summed E-state index contributed by atoms with van der Waals surface area (Å²) in [5, 5.41) is 15.2. The highest BCUT2D eigenvalue weighted by Gasteiger charge is 2.31. The normalized spacial score (nSPS) is 12.5. The van der Waals surface area contributed by atoms with Gasteiger partial charge in [-0.25, -0.2) is 0 Å². The molecule has 6 nitrogen and oxygen atoms in total. The van der Waals surface area contributed by atoms with E-state index in [1.54, 1.807) is 20.9 Å². The molecule has 0 amide bonds. The molecule has 1 unspecified atom stereocenters. The van der Waals surface area contributed by atoms with Gasteiger partial charge in [0.05, 0.1) is 10.8 Å². The predicted molar refractivity (Wildman–Crippen MR) is 63.0 cm³/mol. The van der Waals surface area contributed by atoms with Crippen molar-refractivity contribution in [3.63, 3.8) is 0 Å². The Bertz CT molecular complexity index is 451. The number of hydrogen-bond acceptors (Lipinski definition) is 4. The SMILES string of the molecule is CCC(=O)C(C)c1c([N+](=O)[O-])c(CC)nn1C. The third-order valence-electron chi connectivity index (χ3n) is 2.89. The molecule has 1 aromatic heterocycles. The monoisotopic (exact) mass is 239 g/mol. The summed E-state index contributed by atoms with van der Waals surface area (Å²) < 4.78 is 1.45. The quantitative estimate of drug-likeness (QED) is 0.581. The molecule has 17 heavy (non-hydrogen) atoms. The topological polar surface area (TPSA) is 78.0 Å². The fourth-order valence-corrected chi connectivity index (χ4v) is 1.96. The van der Waals surface area contributed by atoms with Gasteiger partial charge in [-0.3, -0.25) is 19.6 Å². The van der Waals surface area contributed by atoms with Gasteiger partial charge in [0.15, 0.2) is 0 Å². The number of Topliss-reactive ketones (excluding diaryl/α,β-unsaturated/α-hetero) is 1. The Hall–Kier alpha value is -1.72. The highest BCUT2D eigenvalue weighted by atomic mass is 16.6. The van der Waals surface area contributed by atoms with E-state index in [1.807, 2.05) is 6.92 Å². The molecule has 6 heteroatoms. The minimum atomic E-state index is -0.488. The zero-order valence-electron chi connectivity index (χ0n) is 10.6. The van der Waals surface area contributed by atoms with Crippen molar-refractivity contribution in [3.05, 3.63) is 21.5 Å². The van der Waals surface area contributed by atoms with Crippen LogP contribution in [0.25, 0.3) is 0 Å². The van der Waals surface area contributed by atoms with Crippen LogP contribution in [0.2, 0.25) is 0 Å². The summed E-state index contributed by atoms with van der Waals surface area (Å²) in [6.07, 6.45) is 0.849. The number of rotatable bonds is 5. The number of nitrogens with zero attached hydrogens (tertiary/aromatic N) is 3. The van der Waals surface area contributed by atoms with Crippen molar-refractivity contribution in [2.24, 2.45) is 7.05 Å². The summed E-state index contributed by atoms with van der Waals surface area (Å²) in [6.45, 7) is 5.25. The van der Waals surface area contributed by atoms with Gasteiger partial charge in [0.25, 0.3) is 0 Å². The Morgan fingerprint density at radius 2 is 2.12 bits per heavy atom. The van der Waals surface area contributed by atoms with Crippen LogP contribution in [-0.2, 0) is 18.3 Å². The van der Waals surface area contributed by atoms with Gasteiger partial charge in [0.2, 0.25) is 0 Å². The fourth-order valence-electron chi connectivity index (χ4n) is 1.96. The van der Waals surface area contributed by atoms with Crippen LogP contribution in [0.15, 0.2) is 0 Å². The summed E-state index contributed by atoms with van der Waals surface area (Å²) in [4.78, 5) is 22.3. The molecule has 0 radical (unpaired) electrons. The number of hydrogen-bond donors (Lipinski definition) is 0. The largest absolute Gasteiger partial charge is 0.314 e. The highest BCUT2D eigenvalue weighted by Crippen LogP contribution is 2.30. The van der Waals surface area contributed by atoms with Crippen molar-refractivity contribution in [3.8, 4) is 0 Å². The van der Waals surface area contributed by atoms with Gasteiger partial charge in [-0.05, 0) is 13.3 Å². The van der Waals surface area contributed by atoms with E-state index >= 15 is 0 Å². The number of carbonyl (C=O) groups is 1. The molecule has 0 saturated heterocycles. The van der Waals surface area contributed by atoms with Crippen LogP contribution in [0.1, 0.15) is 44.5 Å². The lowest BCUT2D eigenvalue weighted by molar-refractivity contribution is -0.386. The molecule has 1 atom stereocenters. The Balaban J connectivity index is 3.36. The number of ketones is 1. The first-order valence-electron chi connectivity index (χ1n) is 5.66. The molecule has 0 N–H and O–H groups in total. The zero-order valence-corrected chi connectivity index (χ0v) is 10.6. The molecule has 1 aromatic rings. The van der Waals surface area contributed by atoms with Gasteiger partial charge < -0.3 is 0 Å². The highest BCUT2D eigenvalue weighted by molar-refractivity contribution is 5.85. The standard InChI is InChI=1S/C11H17N3O3/c1-5-8-11(14(16)17)10(13(4)12-8)7(3)9(15)6-2/h7H,5-6H2,1-4H3. The molecule has 1 heterocycles. The second-order valence-corrected chi connectivity index (χ2v) is 3.96. The lowest BCUT2D eigenvalue weighted by atomic mass is 9.98. The van der Waals surface area contributed by atoms with Crippen LogP contribution >= 0.6 is 0 Å². The molecule has 0 spiro atoms. The van der Waals surface area contributed by atoms with Gasteiger partial charge >= 0.3 is 5.69 Å². The molecular formula is C11H17N3O3. The molecule has 0 bridgehead atoms. The van der Waals surface area contributed by atoms with Crippen molar-refractivity contribution >= 4 is 11.5 Å². The third kappa shape index (κ3) is 2.35. The average Bonchev–Trinajstić information content (AvgIpc) is 2.64.